The molecular weight excluding hydrogens is 474 g/mol. The van der Waals surface area contributed by atoms with E-state index < -0.39 is 24.1 Å². The number of fused-ring (bicyclic) bond motifs is 3. The number of benzene rings is 1. The van der Waals surface area contributed by atoms with Crippen LogP contribution >= 0.6 is 0 Å². The number of rotatable bonds is 7. The van der Waals surface area contributed by atoms with E-state index >= 15 is 0 Å². The molecule has 5 atom stereocenters. The summed E-state index contributed by atoms with van der Waals surface area (Å²) >= 11 is 0. The van der Waals surface area contributed by atoms with Crippen molar-refractivity contribution in [2.75, 3.05) is 13.7 Å². The molecule has 4 rings (SSSR count). The number of hydrogen-bond donors (Lipinski definition) is 5. The predicted molar refractivity (Wildman–Crippen MR) is 126 cm³/mol. The van der Waals surface area contributed by atoms with Crippen molar-refractivity contribution in [1.82, 2.24) is 9.97 Å². The monoisotopic (exact) mass is 503 g/mol. The highest BCUT2D eigenvalue weighted by molar-refractivity contribution is 6.13. The zero-order valence-electron chi connectivity index (χ0n) is 19.8. The highest BCUT2D eigenvalue weighted by atomic mass is 16.5. The molecule has 194 valence electrons. The lowest BCUT2D eigenvalue weighted by Gasteiger charge is -2.37. The van der Waals surface area contributed by atoms with Crippen LogP contribution in [-0.4, -0.2) is 91.2 Å². The van der Waals surface area contributed by atoms with Crippen LogP contribution in [0.5, 0.6) is 11.5 Å². The first-order valence-electron chi connectivity index (χ1n) is 11.4. The standard InChI is InChI=1S/C20H23N3O3.C4H6O6/c1-3-26-19-9-13-14-8-12(24)4-5-16(14)23-20(15(13)10-18(19)25-2)17-11-21-6-7-22-17;5-1(3(7)8)2(6)4(9)10/h6-7,9-12,14,16,24H,3-5,8H2,1-2H3;1-2,5-6H,(H,7,8)(H,9,10)/t12-,14-,16-;1-,2-/m11/s1. The normalized spacial score (nSPS) is 21.9. The summed E-state index contributed by atoms with van der Waals surface area (Å²) < 4.78 is 11.3. The highest BCUT2D eigenvalue weighted by Crippen LogP contribution is 2.44. The lowest BCUT2D eigenvalue weighted by Crippen LogP contribution is -2.39. The molecule has 0 radical (unpaired) electrons. The zero-order valence-corrected chi connectivity index (χ0v) is 19.8. The number of carboxylic acids is 2. The number of aliphatic carboxylic acids is 2. The number of aliphatic hydroxyl groups is 3. The zero-order chi connectivity index (χ0) is 26.4. The quantitative estimate of drug-likeness (QED) is 0.355. The molecule has 0 spiro atoms. The molecule has 0 amide bonds. The maximum atomic E-state index is 10.2. The van der Waals surface area contributed by atoms with Crippen LogP contribution in [0.1, 0.15) is 48.9 Å². The Morgan fingerprint density at radius 1 is 1.08 bits per heavy atom. The minimum Gasteiger partial charge on any atom is -0.493 e. The number of ether oxygens (including phenoxy) is 2. The Hall–Kier alpha value is -3.61. The van der Waals surface area contributed by atoms with Gasteiger partial charge in [0.15, 0.2) is 23.7 Å². The van der Waals surface area contributed by atoms with Gasteiger partial charge in [0.25, 0.3) is 0 Å². The van der Waals surface area contributed by atoms with Crippen molar-refractivity contribution < 1.29 is 44.6 Å². The third-order valence-electron chi connectivity index (χ3n) is 5.98. The van der Waals surface area contributed by atoms with Crippen LogP contribution in [0.3, 0.4) is 0 Å². The van der Waals surface area contributed by atoms with E-state index in [1.54, 1.807) is 25.7 Å². The summed E-state index contributed by atoms with van der Waals surface area (Å²) in [6.07, 6.45) is 2.63. The summed E-state index contributed by atoms with van der Waals surface area (Å²) in [7, 11) is 1.64. The molecule has 1 fully saturated rings. The fourth-order valence-corrected chi connectivity index (χ4v) is 4.27. The third kappa shape index (κ3) is 5.96. The predicted octanol–water partition coefficient (Wildman–Crippen LogP) is 0.609. The molecule has 2 aromatic rings. The molecule has 0 bridgehead atoms. The Labute approximate surface area is 206 Å². The minimum absolute atomic E-state index is 0.144. The number of nitrogens with zero attached hydrogens (tertiary/aromatic N) is 3. The maximum absolute atomic E-state index is 10.2. The second-order valence-corrected chi connectivity index (χ2v) is 8.30. The summed E-state index contributed by atoms with van der Waals surface area (Å²) in [6, 6.07) is 4.18. The lowest BCUT2D eigenvalue weighted by molar-refractivity contribution is -0.165. The van der Waals surface area contributed by atoms with Gasteiger partial charge in [-0.25, -0.2) is 9.59 Å². The molecule has 2 aliphatic rings. The number of hydrogen-bond acceptors (Lipinski definition) is 10. The Balaban J connectivity index is 0.000000308. The van der Waals surface area contributed by atoms with Crippen molar-refractivity contribution in [2.24, 2.45) is 4.99 Å². The van der Waals surface area contributed by atoms with E-state index in [1.165, 1.54) is 0 Å². The van der Waals surface area contributed by atoms with E-state index in [4.69, 9.17) is 34.9 Å². The molecule has 12 heteroatoms. The molecule has 1 aromatic carbocycles. The molecular formula is C24H29N3O9. The molecule has 12 nitrogen and oxygen atoms in total. The first-order chi connectivity index (χ1) is 17.2. The van der Waals surface area contributed by atoms with Crippen molar-refractivity contribution in [2.45, 2.75) is 56.5 Å². The van der Waals surface area contributed by atoms with E-state index in [-0.39, 0.29) is 18.1 Å². The Bertz CT molecular complexity index is 1090. The smallest absolute Gasteiger partial charge is 0.335 e. The first kappa shape index (κ1) is 27.0. The number of carbonyl (C=O) groups is 2. The van der Waals surface area contributed by atoms with Gasteiger partial charge in [-0.2, -0.15) is 0 Å². The van der Waals surface area contributed by atoms with Gasteiger partial charge in [-0.05, 0) is 43.9 Å². The van der Waals surface area contributed by atoms with E-state index in [1.807, 2.05) is 13.0 Å². The number of aromatic nitrogens is 2. The second-order valence-electron chi connectivity index (χ2n) is 8.30. The van der Waals surface area contributed by atoms with E-state index in [2.05, 4.69) is 16.0 Å². The molecule has 1 aliphatic heterocycles. The molecule has 0 unspecified atom stereocenters. The molecule has 1 saturated carbocycles. The van der Waals surface area contributed by atoms with Gasteiger partial charge in [0.2, 0.25) is 0 Å². The van der Waals surface area contributed by atoms with Crippen molar-refractivity contribution in [3.63, 3.8) is 0 Å². The highest BCUT2D eigenvalue weighted by Gasteiger charge is 2.37. The summed E-state index contributed by atoms with van der Waals surface area (Å²) in [5.41, 5.74) is 3.73. The fraction of sp³-hybridized carbons (Fsp3) is 0.458. The van der Waals surface area contributed by atoms with Crippen molar-refractivity contribution >= 4 is 17.7 Å². The molecule has 1 aromatic heterocycles. The van der Waals surface area contributed by atoms with Crippen molar-refractivity contribution in [1.29, 1.82) is 0 Å². The van der Waals surface area contributed by atoms with Crippen LogP contribution in [0.25, 0.3) is 0 Å². The van der Waals surface area contributed by atoms with Crippen LogP contribution in [0.2, 0.25) is 0 Å². The minimum atomic E-state index is -2.27. The van der Waals surface area contributed by atoms with Crippen LogP contribution in [0, 0.1) is 0 Å². The van der Waals surface area contributed by atoms with Gasteiger partial charge in [0.1, 0.15) is 5.69 Å². The van der Waals surface area contributed by atoms with Crippen LogP contribution in [0.15, 0.2) is 35.7 Å². The van der Waals surface area contributed by atoms with Crippen LogP contribution in [-0.2, 0) is 9.59 Å². The summed E-state index contributed by atoms with van der Waals surface area (Å²) in [5.74, 6) is -1.95. The maximum Gasteiger partial charge on any atom is 0.335 e. The Morgan fingerprint density at radius 2 is 1.78 bits per heavy atom. The van der Waals surface area contributed by atoms with Crippen LogP contribution < -0.4 is 9.47 Å². The second kappa shape index (κ2) is 11.9. The average Bonchev–Trinajstić information content (AvgIpc) is 2.88. The average molecular weight is 504 g/mol. The van der Waals surface area contributed by atoms with Gasteiger partial charge >= 0.3 is 11.9 Å². The largest absolute Gasteiger partial charge is 0.493 e. The number of aliphatic imine (C=N–C) groups is 1. The van der Waals surface area contributed by atoms with Gasteiger partial charge in [-0.15, -0.1) is 0 Å². The van der Waals surface area contributed by atoms with Crippen LogP contribution in [0.4, 0.5) is 0 Å². The Kier molecular flexibility index (Phi) is 8.91. The van der Waals surface area contributed by atoms with E-state index in [0.29, 0.717) is 18.8 Å². The van der Waals surface area contributed by atoms with E-state index in [0.717, 1.165) is 41.1 Å². The van der Waals surface area contributed by atoms with Gasteiger partial charge in [-0.3, -0.25) is 15.0 Å². The Morgan fingerprint density at radius 3 is 2.33 bits per heavy atom. The first-order valence-corrected chi connectivity index (χ1v) is 11.4. The third-order valence-corrected chi connectivity index (χ3v) is 5.98. The molecule has 2 heterocycles. The van der Waals surface area contributed by atoms with Gasteiger partial charge in [0, 0.05) is 23.9 Å². The molecule has 1 aliphatic carbocycles. The molecule has 5 N–H and O–H groups in total. The number of aliphatic hydroxyl groups excluding tert-OH is 3. The van der Waals surface area contributed by atoms with Crippen molar-refractivity contribution in [3.05, 3.63) is 47.5 Å². The van der Waals surface area contributed by atoms with E-state index in [9.17, 15) is 14.7 Å². The molecule has 36 heavy (non-hydrogen) atoms. The number of methoxy groups -OCH3 is 1. The lowest BCUT2D eigenvalue weighted by atomic mass is 9.74. The molecule has 0 saturated heterocycles. The summed E-state index contributed by atoms with van der Waals surface area (Å²) in [5, 5.41) is 42.7. The van der Waals surface area contributed by atoms with Gasteiger partial charge in [-0.1, -0.05) is 0 Å². The SMILES string of the molecule is CCOc1cc2c(cc1OC)C(c1cnccn1)=N[C@@H]1CC[C@@H](O)C[C@H]21.O=C(O)[C@H](O)[C@@H](O)C(=O)O. The summed E-state index contributed by atoms with van der Waals surface area (Å²) in [6.45, 7) is 2.52. The number of carboxylic acid groups (broad SMARTS) is 2. The fourth-order valence-electron chi connectivity index (χ4n) is 4.27. The van der Waals surface area contributed by atoms with Gasteiger partial charge in [0.05, 0.1) is 37.8 Å². The van der Waals surface area contributed by atoms with Crippen molar-refractivity contribution in [3.8, 4) is 11.5 Å². The topological polar surface area (TPSA) is 192 Å². The van der Waals surface area contributed by atoms with Gasteiger partial charge < -0.3 is 35.0 Å². The summed E-state index contributed by atoms with van der Waals surface area (Å²) in [4.78, 5) is 33.2.